The lowest BCUT2D eigenvalue weighted by Gasteiger charge is -2.23. The predicted octanol–water partition coefficient (Wildman–Crippen LogP) is -0.0708. The molecule has 2 aliphatic rings. The highest BCUT2D eigenvalue weighted by molar-refractivity contribution is 7.88. The molecular weight excluding hydrogens is 306 g/mol. The average Bonchev–Trinajstić information content (AvgIpc) is 2.86. The zero-order valence-corrected chi connectivity index (χ0v) is 13.9. The van der Waals surface area contributed by atoms with Crippen molar-refractivity contribution in [1.29, 1.82) is 0 Å². The van der Waals surface area contributed by atoms with Gasteiger partial charge in [0.15, 0.2) is 0 Å². The summed E-state index contributed by atoms with van der Waals surface area (Å²) in [5, 5.41) is 2.78. The van der Waals surface area contributed by atoms with Crippen molar-refractivity contribution in [1.82, 2.24) is 14.5 Å². The Balaban J connectivity index is 1.81. The molecule has 2 heterocycles. The Hall–Kier alpha value is -1.15. The van der Waals surface area contributed by atoms with Crippen LogP contribution in [0.2, 0.25) is 0 Å². The van der Waals surface area contributed by atoms with Gasteiger partial charge in [0.25, 0.3) is 0 Å². The number of amides is 2. The second kappa shape index (κ2) is 7.41. The fourth-order valence-corrected chi connectivity index (χ4v) is 4.23. The highest BCUT2D eigenvalue weighted by Crippen LogP contribution is 2.20. The summed E-state index contributed by atoms with van der Waals surface area (Å²) in [7, 11) is -3.35. The molecule has 0 radical (unpaired) electrons. The van der Waals surface area contributed by atoms with Gasteiger partial charge in [-0.15, -0.1) is 0 Å². The molecule has 7 nitrogen and oxygen atoms in total. The molecule has 2 rings (SSSR count). The minimum absolute atomic E-state index is 0.144. The first kappa shape index (κ1) is 17.2. The molecule has 2 aliphatic heterocycles. The Morgan fingerprint density at radius 1 is 1.23 bits per heavy atom. The Morgan fingerprint density at radius 3 is 2.73 bits per heavy atom. The Labute approximate surface area is 132 Å². The summed E-state index contributed by atoms with van der Waals surface area (Å²) in [6.45, 7) is 2.02. The zero-order valence-electron chi connectivity index (χ0n) is 13.1. The largest absolute Gasteiger partial charge is 0.353 e. The van der Waals surface area contributed by atoms with Gasteiger partial charge in [-0.1, -0.05) is 6.42 Å². The topological polar surface area (TPSA) is 86.8 Å². The predicted molar refractivity (Wildman–Crippen MR) is 82.6 cm³/mol. The highest BCUT2D eigenvalue weighted by atomic mass is 32.2. The van der Waals surface area contributed by atoms with Gasteiger partial charge in [-0.3, -0.25) is 9.59 Å². The SMILES string of the molecule is CS(=O)(=O)N1CCCC1C(=O)NCCN1CCCCCC1=O. The molecule has 1 N–H and O–H groups in total. The Morgan fingerprint density at radius 2 is 2.00 bits per heavy atom. The molecule has 0 aromatic heterocycles. The van der Waals surface area contributed by atoms with Gasteiger partial charge in [0, 0.05) is 32.6 Å². The maximum Gasteiger partial charge on any atom is 0.238 e. The van der Waals surface area contributed by atoms with Crippen molar-refractivity contribution < 1.29 is 18.0 Å². The normalized spacial score (nSPS) is 24.3. The van der Waals surface area contributed by atoms with Crippen molar-refractivity contribution in [2.75, 3.05) is 32.4 Å². The number of carbonyl (C=O) groups is 2. The van der Waals surface area contributed by atoms with Crippen LogP contribution in [0.15, 0.2) is 0 Å². The van der Waals surface area contributed by atoms with Crippen LogP contribution in [0.3, 0.4) is 0 Å². The van der Waals surface area contributed by atoms with Crippen LogP contribution >= 0.6 is 0 Å². The third-order valence-electron chi connectivity index (χ3n) is 4.28. The van der Waals surface area contributed by atoms with E-state index >= 15 is 0 Å². The molecule has 22 heavy (non-hydrogen) atoms. The number of carbonyl (C=O) groups excluding carboxylic acids is 2. The van der Waals surface area contributed by atoms with E-state index in [4.69, 9.17) is 0 Å². The van der Waals surface area contributed by atoms with Gasteiger partial charge >= 0.3 is 0 Å². The second-order valence-corrected chi connectivity index (χ2v) is 7.95. The first-order valence-corrected chi connectivity index (χ1v) is 9.77. The lowest BCUT2D eigenvalue weighted by atomic mass is 10.2. The van der Waals surface area contributed by atoms with E-state index in [1.807, 2.05) is 0 Å². The zero-order chi connectivity index (χ0) is 16.2. The van der Waals surface area contributed by atoms with E-state index in [1.165, 1.54) is 4.31 Å². The highest BCUT2D eigenvalue weighted by Gasteiger charge is 2.36. The van der Waals surface area contributed by atoms with Gasteiger partial charge in [-0.2, -0.15) is 4.31 Å². The number of hydrogen-bond acceptors (Lipinski definition) is 4. The molecule has 0 aliphatic carbocycles. The summed E-state index contributed by atoms with van der Waals surface area (Å²) in [6, 6.07) is -0.602. The van der Waals surface area contributed by atoms with E-state index < -0.39 is 16.1 Å². The quantitative estimate of drug-likeness (QED) is 0.764. The van der Waals surface area contributed by atoms with E-state index in [1.54, 1.807) is 4.90 Å². The fraction of sp³-hybridized carbons (Fsp3) is 0.857. The molecule has 2 fully saturated rings. The van der Waals surface area contributed by atoms with Crippen LogP contribution in [0.25, 0.3) is 0 Å². The van der Waals surface area contributed by atoms with Gasteiger partial charge in [0.1, 0.15) is 6.04 Å². The molecule has 2 saturated heterocycles. The summed E-state index contributed by atoms with van der Waals surface area (Å²) >= 11 is 0. The second-order valence-electron chi connectivity index (χ2n) is 6.01. The van der Waals surface area contributed by atoms with E-state index in [9.17, 15) is 18.0 Å². The van der Waals surface area contributed by atoms with Gasteiger partial charge in [-0.05, 0) is 25.7 Å². The van der Waals surface area contributed by atoms with Crippen LogP contribution in [0.1, 0.15) is 38.5 Å². The van der Waals surface area contributed by atoms with Gasteiger partial charge in [0.05, 0.1) is 6.26 Å². The first-order chi connectivity index (χ1) is 10.4. The average molecular weight is 331 g/mol. The molecule has 1 atom stereocenters. The maximum atomic E-state index is 12.2. The fourth-order valence-electron chi connectivity index (χ4n) is 3.11. The van der Waals surface area contributed by atoms with Crippen molar-refractivity contribution >= 4 is 21.8 Å². The molecule has 0 bridgehead atoms. The van der Waals surface area contributed by atoms with Crippen LogP contribution in [0.5, 0.6) is 0 Å². The van der Waals surface area contributed by atoms with Crippen LogP contribution in [0.4, 0.5) is 0 Å². The number of rotatable bonds is 5. The monoisotopic (exact) mass is 331 g/mol. The number of hydrogen-bond donors (Lipinski definition) is 1. The van der Waals surface area contributed by atoms with Gasteiger partial charge < -0.3 is 10.2 Å². The van der Waals surface area contributed by atoms with E-state index in [2.05, 4.69) is 5.32 Å². The van der Waals surface area contributed by atoms with Gasteiger partial charge in [0.2, 0.25) is 21.8 Å². The number of sulfonamides is 1. The van der Waals surface area contributed by atoms with Crippen LogP contribution in [-0.2, 0) is 19.6 Å². The van der Waals surface area contributed by atoms with Crippen molar-refractivity contribution in [3.8, 4) is 0 Å². The first-order valence-electron chi connectivity index (χ1n) is 7.92. The van der Waals surface area contributed by atoms with Crippen molar-refractivity contribution in [3.05, 3.63) is 0 Å². The molecule has 0 aromatic rings. The summed E-state index contributed by atoms with van der Waals surface area (Å²) in [6.07, 6.45) is 5.99. The summed E-state index contributed by atoms with van der Waals surface area (Å²) < 4.78 is 24.6. The third kappa shape index (κ3) is 4.42. The van der Waals surface area contributed by atoms with E-state index in [0.717, 1.165) is 32.1 Å². The molecule has 0 spiro atoms. The Kier molecular flexibility index (Phi) is 5.80. The Bertz CT molecular complexity index is 520. The maximum absolute atomic E-state index is 12.2. The van der Waals surface area contributed by atoms with Crippen molar-refractivity contribution in [3.63, 3.8) is 0 Å². The summed E-state index contributed by atoms with van der Waals surface area (Å²) in [4.78, 5) is 25.8. The molecular formula is C14H25N3O4S. The standard InChI is InChI=1S/C14H25N3O4S/c1-22(20,21)17-10-5-6-12(17)14(19)15-8-11-16-9-4-2-3-7-13(16)18/h12H,2-11H2,1H3,(H,15,19). The molecule has 126 valence electrons. The minimum atomic E-state index is -3.35. The summed E-state index contributed by atoms with van der Waals surface area (Å²) in [5.74, 6) is -0.115. The van der Waals surface area contributed by atoms with Crippen LogP contribution in [-0.4, -0.2) is 67.9 Å². The lowest BCUT2D eigenvalue weighted by molar-refractivity contribution is -0.131. The third-order valence-corrected chi connectivity index (χ3v) is 5.57. The minimum Gasteiger partial charge on any atom is -0.353 e. The molecule has 8 heteroatoms. The lowest BCUT2D eigenvalue weighted by Crippen LogP contribution is -2.47. The van der Waals surface area contributed by atoms with Crippen LogP contribution < -0.4 is 5.32 Å². The molecule has 2 amide bonds. The molecule has 0 aromatic carbocycles. The van der Waals surface area contributed by atoms with Crippen molar-refractivity contribution in [2.24, 2.45) is 0 Å². The number of likely N-dealkylation sites (tertiary alicyclic amines) is 1. The van der Waals surface area contributed by atoms with Crippen molar-refractivity contribution in [2.45, 2.75) is 44.6 Å². The summed E-state index contributed by atoms with van der Waals surface area (Å²) in [5.41, 5.74) is 0. The van der Waals surface area contributed by atoms with Crippen LogP contribution in [0, 0.1) is 0 Å². The van der Waals surface area contributed by atoms with E-state index in [-0.39, 0.29) is 11.8 Å². The number of nitrogens with zero attached hydrogens (tertiary/aromatic N) is 2. The van der Waals surface area contributed by atoms with E-state index in [0.29, 0.717) is 38.9 Å². The smallest absolute Gasteiger partial charge is 0.238 e. The number of nitrogens with one attached hydrogen (secondary N) is 1. The molecule has 1 unspecified atom stereocenters. The molecule has 0 saturated carbocycles. The van der Waals surface area contributed by atoms with Gasteiger partial charge in [-0.25, -0.2) is 8.42 Å².